The number of aliphatic hydroxyl groups is 2. The fraction of sp³-hybridized carbons (Fsp3) is 0.667. The van der Waals surface area contributed by atoms with Crippen LogP contribution in [0.3, 0.4) is 0 Å². The number of allylic oxidation sites excluding steroid dienone is 11. The monoisotopic (exact) mass is 766 g/mol. The lowest BCUT2D eigenvalue weighted by Crippen LogP contribution is -2.29. The second-order valence-corrected chi connectivity index (χ2v) is 14.4. The highest BCUT2D eigenvalue weighted by Gasteiger charge is 2.27. The summed E-state index contributed by atoms with van der Waals surface area (Å²) in [7, 11) is -4.64. The molecule has 53 heavy (non-hydrogen) atoms. The van der Waals surface area contributed by atoms with Crippen LogP contribution >= 0.6 is 7.82 Å². The van der Waals surface area contributed by atoms with Crippen molar-refractivity contribution in [2.24, 2.45) is 0 Å². The summed E-state index contributed by atoms with van der Waals surface area (Å²) in [4.78, 5) is 34.8. The third-order valence-electron chi connectivity index (χ3n) is 7.88. The Kier molecular flexibility index (Phi) is 35.9. The van der Waals surface area contributed by atoms with E-state index < -0.39 is 51.8 Å². The van der Waals surface area contributed by atoms with E-state index in [9.17, 15) is 24.2 Å². The van der Waals surface area contributed by atoms with Crippen LogP contribution in [0.25, 0.3) is 0 Å². The van der Waals surface area contributed by atoms with Crippen molar-refractivity contribution in [1.82, 2.24) is 0 Å². The molecule has 3 N–H and O–H groups in total. The minimum absolute atomic E-state index is 0.0527. The quantitative estimate of drug-likeness (QED) is 0.0243. The van der Waals surface area contributed by atoms with Gasteiger partial charge in [-0.15, -0.1) is 0 Å². The molecule has 0 aliphatic carbocycles. The van der Waals surface area contributed by atoms with Crippen LogP contribution in [0.2, 0.25) is 0 Å². The first-order valence-corrected chi connectivity index (χ1v) is 21.4. The van der Waals surface area contributed by atoms with Crippen LogP contribution < -0.4 is 0 Å². The van der Waals surface area contributed by atoms with E-state index in [2.05, 4.69) is 67.0 Å². The van der Waals surface area contributed by atoms with Crippen molar-refractivity contribution >= 4 is 19.8 Å². The molecule has 0 saturated heterocycles. The molecule has 0 bridgehead atoms. The van der Waals surface area contributed by atoms with Crippen LogP contribution in [0.15, 0.2) is 72.9 Å². The fourth-order valence-corrected chi connectivity index (χ4v) is 5.62. The van der Waals surface area contributed by atoms with Gasteiger partial charge in [-0.25, -0.2) is 4.57 Å². The van der Waals surface area contributed by atoms with Crippen LogP contribution in [-0.2, 0) is 32.7 Å². The molecule has 0 fully saturated rings. The van der Waals surface area contributed by atoms with Gasteiger partial charge in [-0.3, -0.25) is 18.6 Å². The summed E-state index contributed by atoms with van der Waals surface area (Å²) in [6.07, 6.45) is 41.9. The standard InChI is InChI=1S/C42H71O10P/c1-3-5-7-9-11-13-15-17-19-21-23-25-27-29-31-33-41(45)49-37-40(38-51-53(47,48)50-36-39(44)35-43)52-42(46)34-32-30-28-26-24-22-20-18-16-14-12-10-8-6-4-2/h6,8,12,14,17-20,24,26,30,32,39-40,43-44H,3-5,7,9-11,13,15-16,21-23,25,27-29,31,33-38H2,1-2H3,(H,47,48)/b8-6-,14-12-,19-17-,20-18-,26-24-,32-30-. The first-order valence-electron chi connectivity index (χ1n) is 19.9. The third-order valence-corrected chi connectivity index (χ3v) is 8.83. The van der Waals surface area contributed by atoms with E-state index >= 15 is 0 Å². The maximum Gasteiger partial charge on any atom is 0.472 e. The molecule has 304 valence electrons. The molecule has 0 aromatic carbocycles. The number of aliphatic hydroxyl groups excluding tert-OH is 2. The molecule has 0 aromatic rings. The number of hydrogen-bond acceptors (Lipinski definition) is 9. The molecule has 0 aliphatic heterocycles. The highest BCUT2D eigenvalue weighted by molar-refractivity contribution is 7.47. The highest BCUT2D eigenvalue weighted by Crippen LogP contribution is 2.43. The van der Waals surface area contributed by atoms with Gasteiger partial charge in [-0.1, -0.05) is 138 Å². The van der Waals surface area contributed by atoms with Crippen LogP contribution in [-0.4, -0.2) is 65.7 Å². The molecule has 0 radical (unpaired) electrons. The maximum absolute atomic E-state index is 12.5. The molecule has 3 unspecified atom stereocenters. The molecule has 0 rings (SSSR count). The normalized spacial score (nSPS) is 14.7. The molecule has 0 spiro atoms. The van der Waals surface area contributed by atoms with Crippen molar-refractivity contribution in [1.29, 1.82) is 0 Å². The molecule has 0 aliphatic rings. The second kappa shape index (κ2) is 37.7. The van der Waals surface area contributed by atoms with Gasteiger partial charge in [-0.05, 0) is 64.2 Å². The number of carbonyl (C=O) groups is 2. The van der Waals surface area contributed by atoms with Crippen LogP contribution in [0.1, 0.15) is 142 Å². The van der Waals surface area contributed by atoms with Crippen LogP contribution in [0, 0.1) is 0 Å². The Bertz CT molecular complexity index is 1110. The lowest BCUT2D eigenvalue weighted by molar-refractivity contribution is -0.160. The SMILES string of the molecule is CC/C=C\C/C=C\C/C=C\C/C=C\C/C=C\CC(=O)OC(COC(=O)CCCCCCC/C=C\CCCCCCCC)COP(=O)(O)OCC(O)CO. The zero-order valence-electron chi connectivity index (χ0n) is 32.7. The summed E-state index contributed by atoms with van der Waals surface area (Å²) < 4.78 is 32.5. The largest absolute Gasteiger partial charge is 0.472 e. The van der Waals surface area contributed by atoms with E-state index in [4.69, 9.17) is 19.1 Å². The number of hydrogen-bond donors (Lipinski definition) is 3. The Labute approximate surface area is 320 Å². The van der Waals surface area contributed by atoms with Crippen LogP contribution in [0.4, 0.5) is 0 Å². The zero-order valence-corrected chi connectivity index (χ0v) is 33.6. The van der Waals surface area contributed by atoms with Gasteiger partial charge in [0.05, 0.1) is 26.2 Å². The van der Waals surface area contributed by atoms with Crippen molar-refractivity contribution in [3.8, 4) is 0 Å². The number of rotatable bonds is 36. The second-order valence-electron chi connectivity index (χ2n) is 12.9. The van der Waals surface area contributed by atoms with E-state index in [1.807, 2.05) is 18.2 Å². The molecular formula is C42H71O10P. The number of phosphoric acid groups is 1. The minimum atomic E-state index is -4.64. The molecule has 10 nitrogen and oxygen atoms in total. The van der Waals surface area contributed by atoms with Crippen LogP contribution in [0.5, 0.6) is 0 Å². The summed E-state index contributed by atoms with van der Waals surface area (Å²) in [5.41, 5.74) is 0. The van der Waals surface area contributed by atoms with Gasteiger partial charge < -0.3 is 24.6 Å². The summed E-state index contributed by atoms with van der Waals surface area (Å²) in [6, 6.07) is 0. The number of unbranched alkanes of at least 4 members (excludes halogenated alkanes) is 11. The van der Waals surface area contributed by atoms with Gasteiger partial charge in [0, 0.05) is 6.42 Å². The molecule has 3 atom stereocenters. The maximum atomic E-state index is 12.5. The molecule has 11 heteroatoms. The Balaban J connectivity index is 4.51. The Hall–Kier alpha value is -2.59. The van der Waals surface area contributed by atoms with E-state index in [-0.39, 0.29) is 19.4 Å². The summed E-state index contributed by atoms with van der Waals surface area (Å²) in [5, 5.41) is 18.3. The van der Waals surface area contributed by atoms with Crippen molar-refractivity contribution in [3.05, 3.63) is 72.9 Å². The van der Waals surface area contributed by atoms with Crippen molar-refractivity contribution in [2.45, 2.75) is 154 Å². The lowest BCUT2D eigenvalue weighted by Gasteiger charge is -2.20. The fourth-order valence-electron chi connectivity index (χ4n) is 4.83. The van der Waals surface area contributed by atoms with Crippen molar-refractivity contribution in [3.63, 3.8) is 0 Å². The van der Waals surface area contributed by atoms with E-state index in [1.165, 1.54) is 38.5 Å². The highest BCUT2D eigenvalue weighted by atomic mass is 31.2. The Morgan fingerprint density at radius 1 is 0.604 bits per heavy atom. The molecular weight excluding hydrogens is 695 g/mol. The zero-order chi connectivity index (χ0) is 39.1. The first kappa shape index (κ1) is 50.4. The van der Waals surface area contributed by atoms with Gasteiger partial charge in [0.2, 0.25) is 0 Å². The Morgan fingerprint density at radius 3 is 1.64 bits per heavy atom. The number of carbonyl (C=O) groups excluding carboxylic acids is 2. The van der Waals surface area contributed by atoms with Crippen molar-refractivity contribution in [2.75, 3.05) is 26.4 Å². The van der Waals surface area contributed by atoms with Gasteiger partial charge in [-0.2, -0.15) is 0 Å². The summed E-state index contributed by atoms with van der Waals surface area (Å²) in [5.74, 6) is -1.09. The molecule has 0 saturated carbocycles. The average Bonchev–Trinajstić information content (AvgIpc) is 3.14. The van der Waals surface area contributed by atoms with Gasteiger partial charge in [0.1, 0.15) is 12.7 Å². The average molecular weight is 767 g/mol. The lowest BCUT2D eigenvalue weighted by atomic mass is 10.1. The van der Waals surface area contributed by atoms with E-state index in [0.29, 0.717) is 12.8 Å². The minimum Gasteiger partial charge on any atom is -0.462 e. The molecule has 0 heterocycles. The number of ether oxygens (including phenoxy) is 2. The summed E-state index contributed by atoms with van der Waals surface area (Å²) in [6.45, 7) is 2.11. The summed E-state index contributed by atoms with van der Waals surface area (Å²) >= 11 is 0. The predicted octanol–water partition coefficient (Wildman–Crippen LogP) is 10.1. The van der Waals surface area contributed by atoms with Gasteiger partial charge >= 0.3 is 19.8 Å². The predicted molar refractivity (Wildman–Crippen MR) is 214 cm³/mol. The smallest absolute Gasteiger partial charge is 0.462 e. The van der Waals surface area contributed by atoms with Gasteiger partial charge in [0.15, 0.2) is 6.10 Å². The van der Waals surface area contributed by atoms with Crippen molar-refractivity contribution < 1.29 is 47.8 Å². The number of esters is 2. The molecule has 0 amide bonds. The number of phosphoric ester groups is 1. The first-order chi connectivity index (χ1) is 25.7. The van der Waals surface area contributed by atoms with Gasteiger partial charge in [0.25, 0.3) is 0 Å². The Morgan fingerprint density at radius 2 is 1.09 bits per heavy atom. The topological polar surface area (TPSA) is 149 Å². The van der Waals surface area contributed by atoms with E-state index in [0.717, 1.165) is 64.2 Å². The molecule has 0 aromatic heterocycles. The third kappa shape index (κ3) is 37.5. The van der Waals surface area contributed by atoms with E-state index in [1.54, 1.807) is 6.08 Å².